The van der Waals surface area contributed by atoms with Gasteiger partial charge in [0.15, 0.2) is 5.78 Å². The first kappa shape index (κ1) is 19.8. The highest BCUT2D eigenvalue weighted by Crippen LogP contribution is 2.62. The van der Waals surface area contributed by atoms with Crippen LogP contribution in [0.2, 0.25) is 0 Å². The number of rotatable bonds is 4. The summed E-state index contributed by atoms with van der Waals surface area (Å²) in [6.07, 6.45) is 7.14. The maximum atomic E-state index is 12.8. The van der Waals surface area contributed by atoms with Gasteiger partial charge in [-0.15, -0.1) is 0 Å². The van der Waals surface area contributed by atoms with Crippen LogP contribution < -0.4 is 10.9 Å². The number of pyridine rings is 1. The number of amides is 1. The molecule has 0 radical (unpaired) electrons. The lowest BCUT2D eigenvalue weighted by Gasteiger charge is -2.57. The monoisotopic (exact) mass is 441 g/mol. The minimum Gasteiger partial charge on any atom is -0.349 e. The SMILES string of the molecule is CC(=O)c1ccc2c(C(=O)NC3CC4(C3)CC(c3n[nH]c(=O)c5ccccc35)C4)cnn2c1. The minimum atomic E-state index is -0.153. The van der Waals surface area contributed by atoms with Crippen LogP contribution in [0, 0.1) is 5.41 Å². The van der Waals surface area contributed by atoms with Crippen LogP contribution in [0.15, 0.2) is 53.6 Å². The summed E-state index contributed by atoms with van der Waals surface area (Å²) in [6.45, 7) is 1.51. The zero-order valence-electron chi connectivity index (χ0n) is 18.2. The van der Waals surface area contributed by atoms with E-state index in [-0.39, 0.29) is 28.7 Å². The number of ketones is 1. The lowest BCUT2D eigenvalue weighted by atomic mass is 9.49. The first-order chi connectivity index (χ1) is 15.9. The van der Waals surface area contributed by atoms with Crippen LogP contribution in [0.3, 0.4) is 0 Å². The summed E-state index contributed by atoms with van der Waals surface area (Å²) in [5.74, 6) is 0.158. The fourth-order valence-electron chi connectivity index (χ4n) is 5.68. The Kier molecular flexibility index (Phi) is 4.27. The molecule has 0 aliphatic heterocycles. The molecule has 1 spiro atoms. The van der Waals surface area contributed by atoms with E-state index in [0.29, 0.717) is 27.9 Å². The molecule has 0 bridgehead atoms. The van der Waals surface area contributed by atoms with Gasteiger partial charge in [-0.3, -0.25) is 14.4 Å². The minimum absolute atomic E-state index is 0.0398. The summed E-state index contributed by atoms with van der Waals surface area (Å²) in [4.78, 5) is 36.5. The van der Waals surface area contributed by atoms with E-state index in [4.69, 9.17) is 0 Å². The molecule has 8 nitrogen and oxygen atoms in total. The van der Waals surface area contributed by atoms with Gasteiger partial charge in [0.1, 0.15) is 0 Å². The quantitative estimate of drug-likeness (QED) is 0.473. The Morgan fingerprint density at radius 2 is 1.85 bits per heavy atom. The van der Waals surface area contributed by atoms with Crippen LogP contribution in [0.1, 0.15) is 64.9 Å². The number of aromatic nitrogens is 4. The number of nitrogens with zero attached hydrogens (tertiary/aromatic N) is 3. The number of hydrogen-bond donors (Lipinski definition) is 2. The van der Waals surface area contributed by atoms with Gasteiger partial charge >= 0.3 is 0 Å². The number of carbonyl (C=O) groups excluding carboxylic acids is 2. The van der Waals surface area contributed by atoms with E-state index >= 15 is 0 Å². The van der Waals surface area contributed by atoms with Gasteiger partial charge < -0.3 is 5.32 Å². The second kappa shape index (κ2) is 7.10. The van der Waals surface area contributed by atoms with Crippen molar-refractivity contribution in [1.82, 2.24) is 25.1 Å². The van der Waals surface area contributed by atoms with E-state index in [0.717, 1.165) is 36.8 Å². The molecule has 2 aliphatic carbocycles. The third-order valence-electron chi connectivity index (χ3n) is 7.33. The summed E-state index contributed by atoms with van der Waals surface area (Å²) < 4.78 is 1.58. The number of Topliss-reactive ketones (excluding diaryl/α,β-unsaturated/α-hetero) is 1. The van der Waals surface area contributed by atoms with Crippen LogP contribution in [-0.4, -0.2) is 37.5 Å². The third-order valence-corrected chi connectivity index (χ3v) is 7.33. The lowest BCUT2D eigenvalue weighted by Crippen LogP contribution is -2.55. The van der Waals surface area contributed by atoms with E-state index in [1.807, 2.05) is 24.3 Å². The van der Waals surface area contributed by atoms with Gasteiger partial charge in [0.2, 0.25) is 0 Å². The topological polar surface area (TPSA) is 109 Å². The van der Waals surface area contributed by atoms with Crippen molar-refractivity contribution in [2.75, 3.05) is 0 Å². The number of aromatic amines is 1. The van der Waals surface area contributed by atoms with Gasteiger partial charge in [0.05, 0.1) is 28.4 Å². The number of nitrogens with one attached hydrogen (secondary N) is 2. The molecule has 4 aromatic rings. The molecule has 3 aromatic heterocycles. The average Bonchev–Trinajstić information content (AvgIpc) is 3.19. The van der Waals surface area contributed by atoms with Crippen molar-refractivity contribution in [3.05, 3.63) is 76.0 Å². The summed E-state index contributed by atoms with van der Waals surface area (Å²) in [7, 11) is 0. The van der Waals surface area contributed by atoms with Crippen molar-refractivity contribution in [2.24, 2.45) is 5.41 Å². The number of carbonyl (C=O) groups is 2. The molecule has 0 saturated heterocycles. The first-order valence-corrected chi connectivity index (χ1v) is 11.2. The van der Waals surface area contributed by atoms with Crippen molar-refractivity contribution in [2.45, 2.75) is 44.6 Å². The first-order valence-electron chi connectivity index (χ1n) is 11.2. The fourth-order valence-corrected chi connectivity index (χ4v) is 5.68. The number of fused-ring (bicyclic) bond motifs is 2. The average molecular weight is 441 g/mol. The Morgan fingerprint density at radius 3 is 2.61 bits per heavy atom. The highest BCUT2D eigenvalue weighted by Gasteiger charge is 2.54. The normalized spacial score (nSPS) is 23.9. The molecule has 0 unspecified atom stereocenters. The number of hydrogen-bond acceptors (Lipinski definition) is 5. The Hall–Kier alpha value is -3.81. The van der Waals surface area contributed by atoms with Gasteiger partial charge in [-0.1, -0.05) is 18.2 Å². The van der Waals surface area contributed by atoms with Crippen LogP contribution in [0.5, 0.6) is 0 Å². The van der Waals surface area contributed by atoms with Gasteiger partial charge in [-0.05, 0) is 56.2 Å². The third kappa shape index (κ3) is 3.16. The van der Waals surface area contributed by atoms with Crippen molar-refractivity contribution in [3.63, 3.8) is 0 Å². The molecule has 3 heterocycles. The van der Waals surface area contributed by atoms with Gasteiger partial charge in [-0.25, -0.2) is 9.61 Å². The molecule has 2 saturated carbocycles. The van der Waals surface area contributed by atoms with Crippen molar-refractivity contribution < 1.29 is 9.59 Å². The molecule has 0 atom stereocenters. The van der Waals surface area contributed by atoms with Crippen molar-refractivity contribution in [1.29, 1.82) is 0 Å². The highest BCUT2D eigenvalue weighted by molar-refractivity contribution is 6.01. The number of H-pyrrole nitrogens is 1. The maximum Gasteiger partial charge on any atom is 0.272 e. The van der Waals surface area contributed by atoms with Gasteiger partial charge in [0.25, 0.3) is 11.5 Å². The fraction of sp³-hybridized carbons (Fsp3) is 0.320. The zero-order valence-corrected chi connectivity index (χ0v) is 18.2. The van der Waals surface area contributed by atoms with Crippen LogP contribution >= 0.6 is 0 Å². The molecule has 1 amide bonds. The summed E-state index contributed by atoms with van der Waals surface area (Å²) in [5, 5.41) is 16.0. The molecular formula is C25H23N5O3. The Bertz CT molecular complexity index is 1490. The van der Waals surface area contributed by atoms with Gasteiger partial charge in [0, 0.05) is 29.1 Å². The Morgan fingerprint density at radius 1 is 1.09 bits per heavy atom. The molecule has 2 N–H and O–H groups in total. The van der Waals surface area contributed by atoms with E-state index in [1.54, 1.807) is 29.0 Å². The molecule has 1 aromatic carbocycles. The van der Waals surface area contributed by atoms with E-state index in [9.17, 15) is 14.4 Å². The number of benzene rings is 1. The standard InChI is InChI=1S/C25H23N5O3/c1-14(31)15-6-7-21-20(12-26-30(21)13-15)23(32)27-17-10-25(11-17)8-16(9-25)22-18-4-2-3-5-19(18)24(33)29-28-22/h2-7,12-13,16-17H,8-11H2,1H3,(H,27,32)(H,29,33). The molecular weight excluding hydrogens is 418 g/mol. The molecule has 33 heavy (non-hydrogen) atoms. The molecule has 166 valence electrons. The van der Waals surface area contributed by atoms with Crippen molar-refractivity contribution in [3.8, 4) is 0 Å². The molecule has 2 fully saturated rings. The summed E-state index contributed by atoms with van der Waals surface area (Å²) in [5.41, 5.74) is 2.83. The van der Waals surface area contributed by atoms with Gasteiger partial charge in [-0.2, -0.15) is 10.2 Å². The summed E-state index contributed by atoms with van der Waals surface area (Å²) in [6, 6.07) is 11.2. The van der Waals surface area contributed by atoms with Crippen molar-refractivity contribution >= 4 is 28.0 Å². The predicted octanol–water partition coefficient (Wildman–Crippen LogP) is 3.23. The maximum absolute atomic E-state index is 12.8. The predicted molar refractivity (Wildman–Crippen MR) is 122 cm³/mol. The summed E-state index contributed by atoms with van der Waals surface area (Å²) >= 11 is 0. The largest absolute Gasteiger partial charge is 0.349 e. The second-order valence-electron chi connectivity index (χ2n) is 9.53. The Balaban J connectivity index is 1.11. The second-order valence-corrected chi connectivity index (χ2v) is 9.53. The lowest BCUT2D eigenvalue weighted by molar-refractivity contribution is -0.0196. The van der Waals surface area contributed by atoms with E-state index in [2.05, 4.69) is 20.6 Å². The highest BCUT2D eigenvalue weighted by atomic mass is 16.2. The van der Waals surface area contributed by atoms with Crippen LogP contribution in [0.25, 0.3) is 16.3 Å². The molecule has 2 aliphatic rings. The van der Waals surface area contributed by atoms with Crippen LogP contribution in [-0.2, 0) is 0 Å². The molecule has 6 rings (SSSR count). The Labute approximate surface area is 189 Å². The smallest absolute Gasteiger partial charge is 0.272 e. The van der Waals surface area contributed by atoms with Crippen LogP contribution in [0.4, 0.5) is 0 Å². The zero-order chi connectivity index (χ0) is 22.7. The van der Waals surface area contributed by atoms with E-state index < -0.39 is 0 Å². The van der Waals surface area contributed by atoms with E-state index in [1.165, 1.54) is 6.92 Å². The molecule has 8 heteroatoms.